The van der Waals surface area contributed by atoms with Crippen molar-refractivity contribution in [3.05, 3.63) is 82.4 Å². The predicted molar refractivity (Wildman–Crippen MR) is 109 cm³/mol. The summed E-state index contributed by atoms with van der Waals surface area (Å²) in [6, 6.07) is 11.6. The molecule has 4 rings (SSSR count). The van der Waals surface area contributed by atoms with E-state index in [2.05, 4.69) is 10.3 Å². The molecule has 0 saturated heterocycles. The first-order valence-corrected chi connectivity index (χ1v) is 9.56. The molecule has 0 aliphatic heterocycles. The number of oxazole rings is 1. The standard InChI is InChI=1S/C22H11ClF6N2O2/c23-16-4-2-1-3-15(16)20-31-17-6-5-14(10-18(17)33-20)30-19(32)11-7-12(21(24,25)26)9-13(8-11)22(27,28)29/h1-10H,(H,30,32). The highest BCUT2D eigenvalue weighted by atomic mass is 35.5. The molecule has 0 saturated carbocycles. The van der Waals surface area contributed by atoms with Gasteiger partial charge in [-0.3, -0.25) is 4.79 Å². The maximum atomic E-state index is 13.0. The molecule has 0 radical (unpaired) electrons. The smallest absolute Gasteiger partial charge is 0.416 e. The number of halogens is 7. The van der Waals surface area contributed by atoms with Gasteiger partial charge in [-0.1, -0.05) is 23.7 Å². The summed E-state index contributed by atoms with van der Waals surface area (Å²) in [6.45, 7) is 0. The molecular formula is C22H11ClF6N2O2. The molecule has 0 bridgehead atoms. The molecule has 0 aliphatic carbocycles. The van der Waals surface area contributed by atoms with Crippen molar-refractivity contribution in [2.24, 2.45) is 0 Å². The number of hydrogen-bond donors (Lipinski definition) is 1. The van der Waals surface area contributed by atoms with Crippen molar-refractivity contribution >= 4 is 34.3 Å². The van der Waals surface area contributed by atoms with Crippen LogP contribution in [0.5, 0.6) is 0 Å². The van der Waals surface area contributed by atoms with E-state index >= 15 is 0 Å². The number of benzene rings is 3. The van der Waals surface area contributed by atoms with Crippen molar-refractivity contribution in [2.45, 2.75) is 12.4 Å². The Morgan fingerprint density at radius 2 is 1.52 bits per heavy atom. The maximum Gasteiger partial charge on any atom is 0.416 e. The number of hydrogen-bond acceptors (Lipinski definition) is 3. The van der Waals surface area contributed by atoms with E-state index in [0.29, 0.717) is 28.2 Å². The third-order valence-electron chi connectivity index (χ3n) is 4.60. The van der Waals surface area contributed by atoms with Crippen molar-refractivity contribution in [1.82, 2.24) is 4.98 Å². The molecule has 11 heteroatoms. The van der Waals surface area contributed by atoms with Crippen molar-refractivity contribution in [1.29, 1.82) is 0 Å². The summed E-state index contributed by atoms with van der Waals surface area (Å²) in [5.41, 5.74) is -2.74. The number of nitrogens with zero attached hydrogens (tertiary/aromatic N) is 1. The van der Waals surface area contributed by atoms with E-state index in [1.54, 1.807) is 24.3 Å². The van der Waals surface area contributed by atoms with Crippen LogP contribution in [0.1, 0.15) is 21.5 Å². The van der Waals surface area contributed by atoms with Crippen LogP contribution in [-0.4, -0.2) is 10.9 Å². The molecule has 4 nitrogen and oxygen atoms in total. The number of rotatable bonds is 3. The number of nitrogens with one attached hydrogen (secondary N) is 1. The fourth-order valence-corrected chi connectivity index (χ4v) is 3.26. The van der Waals surface area contributed by atoms with Crippen molar-refractivity contribution in [2.75, 3.05) is 5.32 Å². The first-order valence-electron chi connectivity index (χ1n) is 9.18. The molecule has 4 aromatic rings. The lowest BCUT2D eigenvalue weighted by molar-refractivity contribution is -0.143. The summed E-state index contributed by atoms with van der Waals surface area (Å²) in [4.78, 5) is 16.8. The molecule has 0 unspecified atom stereocenters. The van der Waals surface area contributed by atoms with E-state index in [1.165, 1.54) is 18.2 Å². The van der Waals surface area contributed by atoms with Crippen molar-refractivity contribution < 1.29 is 35.6 Å². The van der Waals surface area contributed by atoms with Crippen LogP contribution in [-0.2, 0) is 12.4 Å². The monoisotopic (exact) mass is 484 g/mol. The van der Waals surface area contributed by atoms with E-state index in [1.807, 2.05) is 0 Å². The third kappa shape index (κ3) is 4.80. The molecule has 33 heavy (non-hydrogen) atoms. The quantitative estimate of drug-likeness (QED) is 0.307. The van der Waals surface area contributed by atoms with Gasteiger partial charge in [-0.05, 0) is 42.5 Å². The molecule has 0 spiro atoms. The van der Waals surface area contributed by atoms with Crippen LogP contribution in [0.2, 0.25) is 5.02 Å². The number of amides is 1. The van der Waals surface area contributed by atoms with Crippen molar-refractivity contribution in [3.8, 4) is 11.5 Å². The number of fused-ring (bicyclic) bond motifs is 1. The predicted octanol–water partition coefficient (Wildman–Crippen LogP) is 7.44. The van der Waals surface area contributed by atoms with Gasteiger partial charge in [0.05, 0.1) is 21.7 Å². The van der Waals surface area contributed by atoms with E-state index in [4.69, 9.17) is 16.0 Å². The van der Waals surface area contributed by atoms with Gasteiger partial charge in [0.1, 0.15) is 5.52 Å². The van der Waals surface area contributed by atoms with E-state index in [9.17, 15) is 31.1 Å². The Bertz CT molecular complexity index is 1330. The van der Waals surface area contributed by atoms with Gasteiger partial charge in [0, 0.05) is 17.3 Å². The lowest BCUT2D eigenvalue weighted by atomic mass is 10.0. The summed E-state index contributed by atoms with van der Waals surface area (Å²) < 4.78 is 83.9. The Kier molecular flexibility index (Phi) is 5.57. The molecule has 1 aromatic heterocycles. The number of carbonyl (C=O) groups is 1. The molecule has 0 atom stereocenters. The molecule has 1 heterocycles. The Labute approximate surface area is 186 Å². The minimum absolute atomic E-state index is 0.0480. The highest BCUT2D eigenvalue weighted by molar-refractivity contribution is 6.33. The van der Waals surface area contributed by atoms with Crippen molar-refractivity contribution in [3.63, 3.8) is 0 Å². The summed E-state index contributed by atoms with van der Waals surface area (Å²) in [7, 11) is 0. The minimum Gasteiger partial charge on any atom is -0.436 e. The largest absolute Gasteiger partial charge is 0.436 e. The first kappa shape index (κ1) is 22.7. The Morgan fingerprint density at radius 1 is 0.879 bits per heavy atom. The number of carbonyl (C=O) groups excluding carboxylic acids is 1. The Hall–Kier alpha value is -3.53. The van der Waals surface area contributed by atoms with Gasteiger partial charge in [-0.15, -0.1) is 0 Å². The van der Waals surface area contributed by atoms with E-state index in [0.717, 1.165) is 0 Å². The zero-order valence-electron chi connectivity index (χ0n) is 16.2. The zero-order valence-corrected chi connectivity index (χ0v) is 16.9. The van der Waals surface area contributed by atoms with E-state index < -0.39 is 35.0 Å². The van der Waals surface area contributed by atoms with E-state index in [-0.39, 0.29) is 23.2 Å². The summed E-state index contributed by atoms with van der Waals surface area (Å²) in [6.07, 6.45) is -10.1. The van der Waals surface area contributed by atoms with Crippen LogP contribution in [0.25, 0.3) is 22.6 Å². The fourth-order valence-electron chi connectivity index (χ4n) is 3.04. The van der Waals surface area contributed by atoms with Gasteiger partial charge in [0.25, 0.3) is 5.91 Å². The first-order chi connectivity index (χ1) is 15.4. The van der Waals surface area contributed by atoms with Gasteiger partial charge in [-0.2, -0.15) is 26.3 Å². The fraction of sp³-hybridized carbons (Fsp3) is 0.0909. The maximum absolute atomic E-state index is 13.0. The summed E-state index contributed by atoms with van der Waals surface area (Å²) in [5, 5.41) is 2.67. The van der Waals surface area contributed by atoms with Crippen LogP contribution in [0.4, 0.5) is 32.0 Å². The van der Waals surface area contributed by atoms with Gasteiger partial charge in [-0.25, -0.2) is 4.98 Å². The second kappa shape index (κ2) is 8.11. The lowest BCUT2D eigenvalue weighted by Gasteiger charge is -2.14. The van der Waals surface area contributed by atoms with Crippen LogP contribution in [0.15, 0.2) is 65.1 Å². The van der Waals surface area contributed by atoms with Gasteiger partial charge in [0.15, 0.2) is 5.58 Å². The van der Waals surface area contributed by atoms with Gasteiger partial charge >= 0.3 is 12.4 Å². The lowest BCUT2D eigenvalue weighted by Crippen LogP contribution is -2.17. The zero-order chi connectivity index (χ0) is 24.0. The van der Waals surface area contributed by atoms with Crippen LogP contribution >= 0.6 is 11.6 Å². The Morgan fingerprint density at radius 3 is 2.12 bits per heavy atom. The number of anilines is 1. The Balaban J connectivity index is 1.66. The molecular weight excluding hydrogens is 474 g/mol. The number of alkyl halides is 6. The highest BCUT2D eigenvalue weighted by Gasteiger charge is 2.37. The SMILES string of the molecule is O=C(Nc1ccc2nc(-c3ccccc3Cl)oc2c1)c1cc(C(F)(F)F)cc(C(F)(F)F)c1. The van der Waals surface area contributed by atoms with Gasteiger partial charge in [0.2, 0.25) is 5.89 Å². The second-order valence-electron chi connectivity index (χ2n) is 6.93. The second-order valence-corrected chi connectivity index (χ2v) is 7.34. The summed E-state index contributed by atoms with van der Waals surface area (Å²) >= 11 is 6.13. The molecule has 0 fully saturated rings. The third-order valence-corrected chi connectivity index (χ3v) is 4.93. The molecule has 1 amide bonds. The molecule has 0 aliphatic rings. The normalized spacial score (nSPS) is 12.2. The minimum atomic E-state index is -5.07. The molecule has 3 aromatic carbocycles. The average molecular weight is 485 g/mol. The number of aromatic nitrogens is 1. The van der Waals surface area contributed by atoms with Gasteiger partial charge < -0.3 is 9.73 Å². The summed E-state index contributed by atoms with van der Waals surface area (Å²) in [5.74, 6) is -0.955. The van der Waals surface area contributed by atoms with Crippen LogP contribution < -0.4 is 5.32 Å². The van der Waals surface area contributed by atoms with Crippen LogP contribution in [0, 0.1) is 0 Å². The topological polar surface area (TPSA) is 55.1 Å². The molecule has 1 N–H and O–H groups in total. The average Bonchev–Trinajstić information content (AvgIpc) is 3.15. The molecule has 170 valence electrons. The highest BCUT2D eigenvalue weighted by Crippen LogP contribution is 2.37. The van der Waals surface area contributed by atoms with Crippen LogP contribution in [0.3, 0.4) is 0 Å².